The lowest BCUT2D eigenvalue weighted by Crippen LogP contribution is -2.26. The fraction of sp³-hybridized carbons (Fsp3) is 0.333. The van der Waals surface area contributed by atoms with E-state index < -0.39 is 5.97 Å². The third-order valence-electron chi connectivity index (χ3n) is 4.98. The fourth-order valence-corrected chi connectivity index (χ4v) is 3.54. The highest BCUT2D eigenvalue weighted by Crippen LogP contribution is 2.22. The van der Waals surface area contributed by atoms with Crippen molar-refractivity contribution in [1.29, 1.82) is 0 Å². The lowest BCUT2D eigenvalue weighted by molar-refractivity contribution is 0.0514. The van der Waals surface area contributed by atoms with Crippen LogP contribution in [0.4, 0.5) is 0 Å². The molecule has 2 N–H and O–H groups in total. The molecule has 27 heavy (non-hydrogen) atoms. The zero-order valence-corrected chi connectivity index (χ0v) is 16.2. The van der Waals surface area contributed by atoms with Gasteiger partial charge in [0.1, 0.15) is 5.69 Å². The van der Waals surface area contributed by atoms with Gasteiger partial charge in [0.05, 0.1) is 12.2 Å². The number of carbonyl (C=O) groups is 2. The summed E-state index contributed by atoms with van der Waals surface area (Å²) in [5, 5.41) is 4.15. The summed E-state index contributed by atoms with van der Waals surface area (Å²) in [4.78, 5) is 28.2. The van der Waals surface area contributed by atoms with Crippen molar-refractivity contribution in [3.05, 3.63) is 58.5 Å². The summed E-state index contributed by atoms with van der Waals surface area (Å²) in [6.45, 7) is 6.21. The smallest absolute Gasteiger partial charge is 0.355 e. The molecular formula is C21H25N3O3. The normalized spacial score (nSPS) is 11.0. The Morgan fingerprint density at radius 1 is 1.22 bits per heavy atom. The maximum Gasteiger partial charge on any atom is 0.355 e. The van der Waals surface area contributed by atoms with Crippen molar-refractivity contribution in [3.8, 4) is 0 Å². The Balaban J connectivity index is 1.73. The number of fused-ring (bicyclic) bond motifs is 1. The number of hydrogen-bond acceptors (Lipinski definition) is 3. The van der Waals surface area contributed by atoms with Crippen LogP contribution in [0.15, 0.2) is 30.5 Å². The third-order valence-corrected chi connectivity index (χ3v) is 4.98. The summed E-state index contributed by atoms with van der Waals surface area (Å²) in [6.07, 6.45) is 2.71. The fourth-order valence-electron chi connectivity index (χ4n) is 3.54. The summed E-state index contributed by atoms with van der Waals surface area (Å²) in [5.41, 5.74) is 4.63. The van der Waals surface area contributed by atoms with Crippen LogP contribution in [0.5, 0.6) is 0 Å². The van der Waals surface area contributed by atoms with Crippen molar-refractivity contribution in [2.75, 3.05) is 13.2 Å². The highest BCUT2D eigenvalue weighted by molar-refractivity contribution is 6.01. The van der Waals surface area contributed by atoms with E-state index in [0.717, 1.165) is 17.6 Å². The van der Waals surface area contributed by atoms with Crippen LogP contribution in [0.25, 0.3) is 10.9 Å². The van der Waals surface area contributed by atoms with E-state index in [-0.39, 0.29) is 5.91 Å². The van der Waals surface area contributed by atoms with Gasteiger partial charge in [-0.1, -0.05) is 18.2 Å². The van der Waals surface area contributed by atoms with Crippen molar-refractivity contribution in [2.24, 2.45) is 7.05 Å². The van der Waals surface area contributed by atoms with Crippen LogP contribution in [0.3, 0.4) is 0 Å². The first-order chi connectivity index (χ1) is 13.0. The first kappa shape index (κ1) is 18.8. The summed E-state index contributed by atoms with van der Waals surface area (Å²) in [5.74, 6) is -0.575. The highest BCUT2D eigenvalue weighted by Gasteiger charge is 2.25. The number of carbonyl (C=O) groups excluding carboxylic acids is 2. The number of aromatic amines is 1. The number of rotatable bonds is 6. The van der Waals surface area contributed by atoms with Gasteiger partial charge in [-0.25, -0.2) is 4.79 Å². The average Bonchev–Trinajstić information content (AvgIpc) is 3.14. The Morgan fingerprint density at radius 3 is 2.70 bits per heavy atom. The molecule has 0 saturated heterocycles. The number of nitrogens with one attached hydrogen (secondary N) is 2. The lowest BCUT2D eigenvalue weighted by atomic mass is 10.1. The molecule has 2 heterocycles. The number of aromatic nitrogens is 2. The second kappa shape index (κ2) is 7.70. The minimum atomic E-state index is -0.404. The molecule has 6 nitrogen and oxygen atoms in total. The number of amides is 1. The SMILES string of the molecule is CCOC(=O)c1c(C)c(C(=O)NCCc2c[nH]c3ccccc23)c(C)n1C. The molecule has 0 unspecified atom stereocenters. The Hall–Kier alpha value is -3.02. The van der Waals surface area contributed by atoms with Crippen molar-refractivity contribution in [2.45, 2.75) is 27.2 Å². The molecule has 0 aliphatic heterocycles. The minimum absolute atomic E-state index is 0.170. The number of ether oxygens (including phenoxy) is 1. The second-order valence-corrected chi connectivity index (χ2v) is 6.58. The predicted molar refractivity (Wildman–Crippen MR) is 105 cm³/mol. The van der Waals surface area contributed by atoms with E-state index in [0.29, 0.717) is 30.0 Å². The van der Waals surface area contributed by atoms with Gasteiger partial charge >= 0.3 is 5.97 Å². The molecule has 6 heteroatoms. The molecule has 2 aromatic heterocycles. The standard InChI is InChI=1S/C21H25N3O3/c1-5-27-21(26)19-13(2)18(14(3)24(19)4)20(25)22-11-10-15-12-23-17-9-7-6-8-16(15)17/h6-9,12,23H,5,10-11H2,1-4H3,(H,22,25). The van der Waals surface area contributed by atoms with E-state index in [1.807, 2.05) is 31.3 Å². The molecule has 0 atom stereocenters. The number of nitrogens with zero attached hydrogens (tertiary/aromatic N) is 1. The molecule has 0 bridgehead atoms. The quantitative estimate of drug-likeness (QED) is 0.657. The first-order valence-corrected chi connectivity index (χ1v) is 9.11. The number of H-pyrrole nitrogens is 1. The van der Waals surface area contributed by atoms with Crippen LogP contribution in [0.2, 0.25) is 0 Å². The Bertz CT molecular complexity index is 998. The molecule has 0 aliphatic rings. The molecule has 0 radical (unpaired) electrons. The molecule has 3 rings (SSSR count). The highest BCUT2D eigenvalue weighted by atomic mass is 16.5. The zero-order valence-electron chi connectivity index (χ0n) is 16.2. The molecular weight excluding hydrogens is 342 g/mol. The van der Waals surface area contributed by atoms with Gasteiger partial charge < -0.3 is 19.6 Å². The molecule has 142 valence electrons. The first-order valence-electron chi connectivity index (χ1n) is 9.11. The third kappa shape index (κ3) is 3.47. The lowest BCUT2D eigenvalue weighted by Gasteiger charge is -2.06. The zero-order chi connectivity index (χ0) is 19.6. The van der Waals surface area contributed by atoms with E-state index in [1.165, 1.54) is 10.9 Å². The van der Waals surface area contributed by atoms with Gasteiger partial charge in [-0.3, -0.25) is 4.79 Å². The van der Waals surface area contributed by atoms with Crippen LogP contribution in [-0.4, -0.2) is 34.6 Å². The monoisotopic (exact) mass is 367 g/mol. The van der Waals surface area contributed by atoms with Crippen LogP contribution in [0.1, 0.15) is 44.6 Å². The molecule has 0 spiro atoms. The summed E-state index contributed by atoms with van der Waals surface area (Å²) in [7, 11) is 1.78. The van der Waals surface area contributed by atoms with E-state index >= 15 is 0 Å². The number of para-hydroxylation sites is 1. The van der Waals surface area contributed by atoms with Gasteiger partial charge in [-0.15, -0.1) is 0 Å². The maximum atomic E-state index is 12.7. The topological polar surface area (TPSA) is 76.1 Å². The van der Waals surface area contributed by atoms with Crippen molar-refractivity contribution in [3.63, 3.8) is 0 Å². The van der Waals surface area contributed by atoms with Gasteiger partial charge in [0.2, 0.25) is 0 Å². The van der Waals surface area contributed by atoms with E-state index in [4.69, 9.17) is 4.74 Å². The number of benzene rings is 1. The summed E-state index contributed by atoms with van der Waals surface area (Å²) < 4.78 is 6.84. The molecule has 0 aliphatic carbocycles. The molecule has 3 aromatic rings. The van der Waals surface area contributed by atoms with Crippen LogP contribution < -0.4 is 5.32 Å². The molecule has 1 amide bonds. The maximum absolute atomic E-state index is 12.7. The predicted octanol–water partition coefficient (Wildman–Crippen LogP) is 3.27. The van der Waals surface area contributed by atoms with E-state index in [2.05, 4.69) is 16.4 Å². The molecule has 1 aromatic carbocycles. The number of hydrogen-bond donors (Lipinski definition) is 2. The van der Waals surface area contributed by atoms with E-state index in [1.54, 1.807) is 25.5 Å². The molecule has 0 fully saturated rings. The Morgan fingerprint density at radius 2 is 1.96 bits per heavy atom. The van der Waals surface area contributed by atoms with Gasteiger partial charge in [0.15, 0.2) is 0 Å². The van der Waals surface area contributed by atoms with Gasteiger partial charge in [0, 0.05) is 36.4 Å². The largest absolute Gasteiger partial charge is 0.461 e. The Labute approximate surface area is 158 Å². The summed E-state index contributed by atoms with van der Waals surface area (Å²) >= 11 is 0. The van der Waals surface area contributed by atoms with Crippen LogP contribution >= 0.6 is 0 Å². The van der Waals surface area contributed by atoms with Gasteiger partial charge in [-0.05, 0) is 44.4 Å². The van der Waals surface area contributed by atoms with Crippen LogP contribution in [-0.2, 0) is 18.2 Å². The second-order valence-electron chi connectivity index (χ2n) is 6.58. The summed E-state index contributed by atoms with van der Waals surface area (Å²) in [6, 6.07) is 8.10. The van der Waals surface area contributed by atoms with Crippen molar-refractivity contribution >= 4 is 22.8 Å². The minimum Gasteiger partial charge on any atom is -0.461 e. The average molecular weight is 367 g/mol. The van der Waals surface area contributed by atoms with Gasteiger partial charge in [0.25, 0.3) is 5.91 Å². The Kier molecular flexibility index (Phi) is 5.35. The molecule has 0 saturated carbocycles. The van der Waals surface area contributed by atoms with E-state index in [9.17, 15) is 9.59 Å². The van der Waals surface area contributed by atoms with Gasteiger partial charge in [-0.2, -0.15) is 0 Å². The number of esters is 1. The van der Waals surface area contributed by atoms with Crippen molar-refractivity contribution in [1.82, 2.24) is 14.9 Å². The van der Waals surface area contributed by atoms with Crippen molar-refractivity contribution < 1.29 is 14.3 Å². The van der Waals surface area contributed by atoms with Crippen LogP contribution in [0, 0.1) is 13.8 Å².